The van der Waals surface area contributed by atoms with E-state index in [0.717, 1.165) is 0 Å². The SMILES string of the molecule is CC[N+](C)(CC)C/C=C(\F)C(F)(F)C(F)(F)C(F)(F)C(F)(F)C(F)(F)F. The monoisotopic (exact) mass is 414 g/mol. The Morgan fingerprint density at radius 2 is 1.12 bits per heavy atom. The van der Waals surface area contributed by atoms with Crippen LogP contribution in [0.5, 0.6) is 0 Å². The summed E-state index contributed by atoms with van der Waals surface area (Å²) in [6.07, 6.45) is -7.50. The number of nitrogens with zero attached hydrogens (tertiary/aromatic N) is 1. The van der Waals surface area contributed by atoms with Gasteiger partial charge in [-0.2, -0.15) is 48.3 Å². The molecule has 0 aromatic carbocycles. The number of halogens is 12. The van der Waals surface area contributed by atoms with Gasteiger partial charge in [-0.1, -0.05) is 0 Å². The van der Waals surface area contributed by atoms with Crippen molar-refractivity contribution in [1.82, 2.24) is 0 Å². The second-order valence-corrected chi connectivity index (χ2v) is 5.78. The molecule has 0 spiro atoms. The molecular weight excluding hydrogens is 398 g/mol. The predicted molar refractivity (Wildman–Crippen MR) is 67.2 cm³/mol. The largest absolute Gasteiger partial charge is 0.460 e. The molecule has 26 heavy (non-hydrogen) atoms. The lowest BCUT2D eigenvalue weighted by molar-refractivity contribution is -0.900. The van der Waals surface area contributed by atoms with Gasteiger partial charge in [-0.25, -0.2) is 4.39 Å². The normalized spacial score (nSPS) is 16.2. The first-order chi connectivity index (χ1) is 11.2. The Morgan fingerprint density at radius 3 is 1.42 bits per heavy atom. The van der Waals surface area contributed by atoms with Crippen molar-refractivity contribution in [3.05, 3.63) is 11.9 Å². The van der Waals surface area contributed by atoms with E-state index in [4.69, 9.17) is 0 Å². The number of allylic oxidation sites excluding steroid dienone is 1. The molecule has 0 aromatic heterocycles. The van der Waals surface area contributed by atoms with Crippen molar-refractivity contribution in [2.75, 3.05) is 26.7 Å². The second kappa shape index (κ2) is 7.12. The number of hydrogen-bond donors (Lipinski definition) is 0. The molecular formula is C13H16F12N+. The van der Waals surface area contributed by atoms with Crippen molar-refractivity contribution in [1.29, 1.82) is 0 Å². The van der Waals surface area contributed by atoms with Gasteiger partial charge in [0, 0.05) is 6.08 Å². The highest BCUT2D eigenvalue weighted by Crippen LogP contribution is 2.58. The molecule has 156 valence electrons. The Labute approximate surface area is 140 Å². The van der Waals surface area contributed by atoms with Gasteiger partial charge in [-0.3, -0.25) is 0 Å². The fraction of sp³-hybridized carbons (Fsp3) is 0.846. The number of rotatable bonds is 8. The van der Waals surface area contributed by atoms with Crippen LogP contribution in [-0.4, -0.2) is 61.0 Å². The van der Waals surface area contributed by atoms with Crippen LogP contribution in [0.4, 0.5) is 52.7 Å². The first kappa shape index (κ1) is 24.9. The second-order valence-electron chi connectivity index (χ2n) is 5.78. The van der Waals surface area contributed by atoms with E-state index in [1.807, 2.05) is 0 Å². The first-order valence-electron chi connectivity index (χ1n) is 7.02. The molecule has 0 atom stereocenters. The Morgan fingerprint density at radius 1 is 0.731 bits per heavy atom. The van der Waals surface area contributed by atoms with Crippen molar-refractivity contribution >= 4 is 0 Å². The summed E-state index contributed by atoms with van der Waals surface area (Å²) in [6.45, 7) is 2.63. The van der Waals surface area contributed by atoms with Crippen molar-refractivity contribution in [2.45, 2.75) is 43.7 Å². The Balaban J connectivity index is 6.02. The third-order valence-corrected chi connectivity index (χ3v) is 4.08. The van der Waals surface area contributed by atoms with E-state index >= 15 is 0 Å². The van der Waals surface area contributed by atoms with Crippen LogP contribution in [0, 0.1) is 0 Å². The molecule has 1 nitrogen and oxygen atoms in total. The predicted octanol–water partition coefficient (Wildman–Crippen LogP) is 5.43. The molecule has 0 aliphatic carbocycles. The van der Waals surface area contributed by atoms with Gasteiger partial charge in [0.1, 0.15) is 6.54 Å². The number of likely N-dealkylation sites (N-methyl/N-ethyl adjacent to an activating group) is 1. The number of quaternary nitrogens is 1. The maximum absolute atomic E-state index is 13.5. The molecule has 13 heteroatoms. The lowest BCUT2D eigenvalue weighted by atomic mass is 9.97. The molecule has 0 bridgehead atoms. The Hall–Kier alpha value is -1.14. The van der Waals surface area contributed by atoms with Crippen LogP contribution in [0.1, 0.15) is 13.8 Å². The van der Waals surface area contributed by atoms with E-state index in [2.05, 4.69) is 0 Å². The molecule has 0 radical (unpaired) electrons. The van der Waals surface area contributed by atoms with Crippen LogP contribution < -0.4 is 0 Å². The van der Waals surface area contributed by atoms with Crippen molar-refractivity contribution in [3.63, 3.8) is 0 Å². The summed E-state index contributed by atoms with van der Waals surface area (Å²) in [5, 5.41) is 0. The molecule has 0 saturated carbocycles. The minimum atomic E-state index is -7.61. The summed E-state index contributed by atoms with van der Waals surface area (Å²) in [6, 6.07) is 0. The van der Waals surface area contributed by atoms with Crippen molar-refractivity contribution in [3.8, 4) is 0 Å². The average molecular weight is 414 g/mol. The summed E-state index contributed by atoms with van der Waals surface area (Å²) in [4.78, 5) is 0. The maximum atomic E-state index is 13.5. The van der Waals surface area contributed by atoms with Crippen LogP contribution in [-0.2, 0) is 0 Å². The Kier molecular flexibility index (Phi) is 6.80. The van der Waals surface area contributed by atoms with Gasteiger partial charge in [-0.15, -0.1) is 0 Å². The molecule has 0 unspecified atom stereocenters. The van der Waals surface area contributed by atoms with Crippen LogP contribution in [0.2, 0.25) is 0 Å². The van der Waals surface area contributed by atoms with Crippen LogP contribution in [0.3, 0.4) is 0 Å². The molecule has 0 aromatic rings. The van der Waals surface area contributed by atoms with E-state index in [-0.39, 0.29) is 23.6 Å². The third-order valence-electron chi connectivity index (χ3n) is 4.08. The molecule has 0 saturated heterocycles. The highest BCUT2D eigenvalue weighted by molar-refractivity contribution is 5.17. The fourth-order valence-electron chi connectivity index (χ4n) is 1.63. The van der Waals surface area contributed by atoms with Crippen LogP contribution >= 0.6 is 0 Å². The molecule has 0 amide bonds. The standard InChI is InChI=1S/C13H16F12N/c1-4-26(3,5-2)7-6-8(14)9(15,16)10(17,18)11(19,20)12(21,22)13(23,24)25/h6H,4-5,7H2,1-3H3/q+1/b8-6-. The maximum Gasteiger partial charge on any atom is 0.460 e. The van der Waals surface area contributed by atoms with Crippen molar-refractivity contribution < 1.29 is 57.2 Å². The lowest BCUT2D eigenvalue weighted by Crippen LogP contribution is -2.66. The summed E-state index contributed by atoms with van der Waals surface area (Å²) in [7, 11) is 1.35. The molecule has 0 heterocycles. The van der Waals surface area contributed by atoms with Gasteiger partial charge >= 0.3 is 29.9 Å². The average Bonchev–Trinajstić information content (AvgIpc) is 2.50. The van der Waals surface area contributed by atoms with Crippen LogP contribution in [0.25, 0.3) is 0 Å². The summed E-state index contributed by atoms with van der Waals surface area (Å²) in [5.41, 5.74) is 0. The zero-order valence-electron chi connectivity index (χ0n) is 13.7. The highest BCUT2D eigenvalue weighted by atomic mass is 19.4. The smallest absolute Gasteiger partial charge is 0.323 e. The van der Waals surface area contributed by atoms with E-state index < -0.39 is 42.2 Å². The minimum absolute atomic E-state index is 0.171. The van der Waals surface area contributed by atoms with Gasteiger partial charge in [0.15, 0.2) is 5.83 Å². The summed E-state index contributed by atoms with van der Waals surface area (Å²) < 4.78 is 154. The van der Waals surface area contributed by atoms with E-state index in [1.54, 1.807) is 0 Å². The van der Waals surface area contributed by atoms with Gasteiger partial charge in [-0.05, 0) is 13.8 Å². The third kappa shape index (κ3) is 3.91. The molecule has 0 fully saturated rings. The number of alkyl halides is 11. The zero-order chi connectivity index (χ0) is 21.4. The van der Waals surface area contributed by atoms with E-state index in [9.17, 15) is 52.7 Å². The summed E-state index contributed by atoms with van der Waals surface area (Å²) in [5.74, 6) is -32.3. The van der Waals surface area contributed by atoms with Crippen LogP contribution in [0.15, 0.2) is 11.9 Å². The van der Waals surface area contributed by atoms with Gasteiger partial charge in [0.2, 0.25) is 0 Å². The molecule has 0 rings (SSSR count). The topological polar surface area (TPSA) is 0 Å². The minimum Gasteiger partial charge on any atom is -0.323 e. The number of hydrogen-bond acceptors (Lipinski definition) is 0. The Bertz CT molecular complexity index is 516. The zero-order valence-corrected chi connectivity index (χ0v) is 13.7. The van der Waals surface area contributed by atoms with Crippen molar-refractivity contribution in [2.24, 2.45) is 0 Å². The quantitative estimate of drug-likeness (QED) is 0.367. The highest BCUT2D eigenvalue weighted by Gasteiger charge is 2.87. The van der Waals surface area contributed by atoms with Gasteiger partial charge in [0.05, 0.1) is 20.1 Å². The van der Waals surface area contributed by atoms with E-state index in [1.165, 1.54) is 20.9 Å². The molecule has 0 aliphatic heterocycles. The van der Waals surface area contributed by atoms with E-state index in [0.29, 0.717) is 0 Å². The summed E-state index contributed by atoms with van der Waals surface area (Å²) >= 11 is 0. The lowest BCUT2D eigenvalue weighted by Gasteiger charge is -2.37. The fourth-order valence-corrected chi connectivity index (χ4v) is 1.63. The molecule has 0 N–H and O–H groups in total. The molecule has 0 aliphatic rings. The van der Waals surface area contributed by atoms with Gasteiger partial charge in [0.25, 0.3) is 0 Å². The first-order valence-corrected chi connectivity index (χ1v) is 7.02. The van der Waals surface area contributed by atoms with Gasteiger partial charge < -0.3 is 4.48 Å².